The molecule has 4 heteroatoms. The fourth-order valence-electron chi connectivity index (χ4n) is 5.45. The van der Waals surface area contributed by atoms with Crippen LogP contribution in [0, 0.1) is 47.3 Å². The average Bonchev–Trinajstić information content (AvgIpc) is 3.21. The first-order valence-corrected chi connectivity index (χ1v) is 9.71. The van der Waals surface area contributed by atoms with Crippen molar-refractivity contribution in [1.82, 2.24) is 0 Å². The Bertz CT molecular complexity index is 484. The third-order valence-corrected chi connectivity index (χ3v) is 6.63. The monoisotopic (exact) mass is 336 g/mol. The van der Waals surface area contributed by atoms with Gasteiger partial charge in [-0.2, -0.15) is 0 Å². The van der Waals surface area contributed by atoms with Gasteiger partial charge in [0.15, 0.2) is 0 Å². The molecular weight excluding hydrogens is 304 g/mol. The molecule has 3 aliphatic rings. The Balaban J connectivity index is 1.64. The van der Waals surface area contributed by atoms with Gasteiger partial charge in [0, 0.05) is 5.92 Å². The van der Waals surface area contributed by atoms with Gasteiger partial charge in [0.05, 0.1) is 25.0 Å². The molecule has 3 aliphatic carbocycles. The number of hydrogen-bond donors (Lipinski definition) is 0. The minimum absolute atomic E-state index is 0.0838. The first-order chi connectivity index (χ1) is 11.4. The van der Waals surface area contributed by atoms with E-state index in [1.807, 2.05) is 27.7 Å². The molecule has 3 rings (SSSR count). The van der Waals surface area contributed by atoms with Crippen LogP contribution in [0.15, 0.2) is 0 Å². The molecule has 3 fully saturated rings. The van der Waals surface area contributed by atoms with Gasteiger partial charge >= 0.3 is 11.9 Å². The lowest BCUT2D eigenvalue weighted by atomic mass is 9.77. The van der Waals surface area contributed by atoms with Crippen LogP contribution in [0.5, 0.6) is 0 Å². The molecule has 0 aromatic rings. The maximum atomic E-state index is 11.9. The van der Waals surface area contributed by atoms with Gasteiger partial charge in [-0.1, -0.05) is 27.7 Å². The van der Waals surface area contributed by atoms with Gasteiger partial charge in [-0.25, -0.2) is 0 Å². The molecule has 2 bridgehead atoms. The SMILES string of the molecule is CC(C)C(=O)OC[C@@H]1C[C@@H]2[C@H]3CC[C@@H](C3)[C@@H]2[C@@H]1COC(=O)C(C)C. The van der Waals surface area contributed by atoms with E-state index < -0.39 is 0 Å². The Morgan fingerprint density at radius 2 is 1.46 bits per heavy atom. The molecule has 3 saturated carbocycles. The number of hydrogen-bond acceptors (Lipinski definition) is 4. The van der Waals surface area contributed by atoms with E-state index in [1.165, 1.54) is 19.3 Å². The second kappa shape index (κ2) is 7.05. The molecule has 0 aliphatic heterocycles. The Hall–Kier alpha value is -1.06. The van der Waals surface area contributed by atoms with Crippen molar-refractivity contribution in [2.24, 2.45) is 47.3 Å². The second-order valence-corrected chi connectivity index (χ2v) is 8.80. The summed E-state index contributed by atoms with van der Waals surface area (Å²) < 4.78 is 11.2. The van der Waals surface area contributed by atoms with E-state index in [1.54, 1.807) is 0 Å². The average molecular weight is 336 g/mol. The number of ether oxygens (including phenoxy) is 2. The van der Waals surface area contributed by atoms with E-state index in [4.69, 9.17) is 9.47 Å². The summed E-state index contributed by atoms with van der Waals surface area (Å²) >= 11 is 0. The van der Waals surface area contributed by atoms with Gasteiger partial charge in [-0.3, -0.25) is 9.59 Å². The predicted molar refractivity (Wildman–Crippen MR) is 91.0 cm³/mol. The molecular formula is C20H32O4. The normalized spacial score (nSPS) is 37.1. The molecule has 0 amide bonds. The smallest absolute Gasteiger partial charge is 0.308 e. The molecule has 6 atom stereocenters. The topological polar surface area (TPSA) is 52.6 Å². The number of rotatable bonds is 6. The fourth-order valence-corrected chi connectivity index (χ4v) is 5.45. The lowest BCUT2D eigenvalue weighted by Crippen LogP contribution is -2.31. The number of fused-ring (bicyclic) bond motifs is 5. The lowest BCUT2D eigenvalue weighted by Gasteiger charge is -2.30. The fraction of sp³-hybridized carbons (Fsp3) is 0.900. The summed E-state index contributed by atoms with van der Waals surface area (Å²) in [4.78, 5) is 23.7. The minimum Gasteiger partial charge on any atom is -0.465 e. The van der Waals surface area contributed by atoms with E-state index in [0.29, 0.717) is 31.0 Å². The zero-order chi connectivity index (χ0) is 17.4. The van der Waals surface area contributed by atoms with Gasteiger partial charge in [-0.15, -0.1) is 0 Å². The van der Waals surface area contributed by atoms with Crippen LogP contribution in [-0.2, 0) is 19.1 Å². The van der Waals surface area contributed by atoms with Crippen LogP contribution in [-0.4, -0.2) is 25.2 Å². The summed E-state index contributed by atoms with van der Waals surface area (Å²) in [5, 5.41) is 0. The Morgan fingerprint density at radius 1 is 0.875 bits per heavy atom. The van der Waals surface area contributed by atoms with Crippen LogP contribution < -0.4 is 0 Å². The quantitative estimate of drug-likeness (QED) is 0.694. The van der Waals surface area contributed by atoms with Crippen molar-refractivity contribution in [3.05, 3.63) is 0 Å². The molecule has 0 radical (unpaired) electrons. The van der Waals surface area contributed by atoms with E-state index >= 15 is 0 Å². The molecule has 136 valence electrons. The zero-order valence-corrected chi connectivity index (χ0v) is 15.5. The zero-order valence-electron chi connectivity index (χ0n) is 15.5. The summed E-state index contributed by atoms with van der Waals surface area (Å²) in [5.74, 6) is 3.41. The van der Waals surface area contributed by atoms with Crippen LogP contribution in [0.2, 0.25) is 0 Å². The highest BCUT2D eigenvalue weighted by Gasteiger charge is 2.57. The second-order valence-electron chi connectivity index (χ2n) is 8.80. The molecule has 0 N–H and O–H groups in total. The van der Waals surface area contributed by atoms with Crippen LogP contribution in [0.1, 0.15) is 53.4 Å². The highest BCUT2D eigenvalue weighted by atomic mass is 16.5. The molecule has 0 aromatic carbocycles. The number of carbonyl (C=O) groups is 2. The Morgan fingerprint density at radius 3 is 2.08 bits per heavy atom. The first kappa shape index (κ1) is 17.8. The third kappa shape index (κ3) is 3.34. The van der Waals surface area contributed by atoms with Crippen molar-refractivity contribution in [3.8, 4) is 0 Å². The third-order valence-electron chi connectivity index (χ3n) is 6.63. The molecule has 0 heterocycles. The van der Waals surface area contributed by atoms with E-state index in [-0.39, 0.29) is 23.8 Å². The summed E-state index contributed by atoms with van der Waals surface area (Å²) in [6.45, 7) is 8.48. The van der Waals surface area contributed by atoms with Crippen molar-refractivity contribution in [2.45, 2.75) is 53.4 Å². The number of esters is 2. The van der Waals surface area contributed by atoms with Gasteiger partial charge in [0.2, 0.25) is 0 Å². The Labute approximate surface area is 145 Å². The van der Waals surface area contributed by atoms with Crippen molar-refractivity contribution >= 4 is 11.9 Å². The highest BCUT2D eigenvalue weighted by Crippen LogP contribution is 2.62. The maximum absolute atomic E-state index is 11.9. The summed E-state index contributed by atoms with van der Waals surface area (Å²) in [5.41, 5.74) is 0. The van der Waals surface area contributed by atoms with Crippen molar-refractivity contribution in [3.63, 3.8) is 0 Å². The van der Waals surface area contributed by atoms with Gasteiger partial charge < -0.3 is 9.47 Å². The summed E-state index contributed by atoms with van der Waals surface area (Å²) in [6, 6.07) is 0. The summed E-state index contributed by atoms with van der Waals surface area (Å²) in [6.07, 6.45) is 5.20. The molecule has 24 heavy (non-hydrogen) atoms. The van der Waals surface area contributed by atoms with Crippen LogP contribution >= 0.6 is 0 Å². The van der Waals surface area contributed by atoms with Gasteiger partial charge in [0.25, 0.3) is 0 Å². The molecule has 0 saturated heterocycles. The van der Waals surface area contributed by atoms with Crippen LogP contribution in [0.4, 0.5) is 0 Å². The number of carbonyl (C=O) groups excluding carboxylic acids is 2. The van der Waals surface area contributed by atoms with E-state index in [9.17, 15) is 9.59 Å². The van der Waals surface area contributed by atoms with Crippen LogP contribution in [0.25, 0.3) is 0 Å². The minimum atomic E-state index is -0.118. The molecule has 0 aromatic heterocycles. The molecule has 0 spiro atoms. The maximum Gasteiger partial charge on any atom is 0.308 e. The Kier molecular flexibility index (Phi) is 5.22. The molecule has 0 unspecified atom stereocenters. The largest absolute Gasteiger partial charge is 0.465 e. The lowest BCUT2D eigenvalue weighted by molar-refractivity contribution is -0.153. The summed E-state index contributed by atoms with van der Waals surface area (Å²) in [7, 11) is 0. The van der Waals surface area contributed by atoms with E-state index in [0.717, 1.165) is 24.2 Å². The van der Waals surface area contributed by atoms with Crippen molar-refractivity contribution in [2.75, 3.05) is 13.2 Å². The predicted octanol–water partition coefficient (Wildman–Crippen LogP) is 3.68. The van der Waals surface area contributed by atoms with Gasteiger partial charge in [-0.05, 0) is 55.3 Å². The highest BCUT2D eigenvalue weighted by molar-refractivity contribution is 5.71. The van der Waals surface area contributed by atoms with Crippen LogP contribution in [0.3, 0.4) is 0 Å². The van der Waals surface area contributed by atoms with Gasteiger partial charge in [0.1, 0.15) is 0 Å². The standard InChI is InChI=1S/C20H32O4/c1-11(2)19(21)23-9-15-8-16-13-5-6-14(7-13)18(16)17(15)10-24-20(22)12(3)4/h11-18H,5-10H2,1-4H3/t13-,14-,15-,16+,17+,18-/m0/s1. The van der Waals surface area contributed by atoms with E-state index in [2.05, 4.69) is 0 Å². The first-order valence-electron chi connectivity index (χ1n) is 9.71. The van der Waals surface area contributed by atoms with Crippen molar-refractivity contribution in [1.29, 1.82) is 0 Å². The molecule has 4 nitrogen and oxygen atoms in total. The van der Waals surface area contributed by atoms with Crippen molar-refractivity contribution < 1.29 is 19.1 Å².